The second-order valence-electron chi connectivity index (χ2n) is 5.08. The molecule has 4 nitrogen and oxygen atoms in total. The van der Waals surface area contributed by atoms with Crippen LogP contribution < -0.4 is 0 Å². The first kappa shape index (κ1) is 15.3. The summed E-state index contributed by atoms with van der Waals surface area (Å²) < 4.78 is 22.9. The highest BCUT2D eigenvalue weighted by Gasteiger charge is 2.34. The molecular weight excluding hydrogens is 298 g/mol. The van der Waals surface area contributed by atoms with Gasteiger partial charge in [-0.1, -0.05) is 23.7 Å². The third kappa shape index (κ3) is 3.73. The first-order chi connectivity index (χ1) is 9.41. The average molecular weight is 316 g/mol. The number of nitrogens with zero attached hydrogens (tertiary/aromatic N) is 1. The average Bonchev–Trinajstić information content (AvgIpc) is 2.75. The van der Waals surface area contributed by atoms with Crippen LogP contribution in [0.3, 0.4) is 0 Å². The summed E-state index contributed by atoms with van der Waals surface area (Å²) in [6, 6.07) is 7.36. The van der Waals surface area contributed by atoms with E-state index in [9.17, 15) is 13.2 Å². The zero-order valence-corrected chi connectivity index (χ0v) is 13.0. The number of sulfone groups is 1. The fourth-order valence-electron chi connectivity index (χ4n) is 2.45. The summed E-state index contributed by atoms with van der Waals surface area (Å²) in [6.07, 6.45) is 0.438. The molecule has 1 atom stereocenters. The molecule has 1 aromatic carbocycles. The SMILES string of the molecule is CCN(Cc1cccc(Cl)c1)C(=O)C1CCS(=O)(=O)C1. The van der Waals surface area contributed by atoms with Gasteiger partial charge in [0.25, 0.3) is 0 Å². The van der Waals surface area contributed by atoms with E-state index in [1.165, 1.54) is 0 Å². The number of benzene rings is 1. The van der Waals surface area contributed by atoms with Crippen molar-refractivity contribution < 1.29 is 13.2 Å². The number of carbonyl (C=O) groups excluding carboxylic acids is 1. The molecule has 110 valence electrons. The number of hydrogen-bond acceptors (Lipinski definition) is 3. The van der Waals surface area contributed by atoms with E-state index in [2.05, 4.69) is 0 Å². The number of rotatable bonds is 4. The Morgan fingerprint density at radius 1 is 1.45 bits per heavy atom. The molecule has 0 radical (unpaired) electrons. The number of carbonyl (C=O) groups is 1. The van der Waals surface area contributed by atoms with E-state index < -0.39 is 9.84 Å². The van der Waals surface area contributed by atoms with Gasteiger partial charge in [0.15, 0.2) is 9.84 Å². The minimum Gasteiger partial charge on any atom is -0.338 e. The van der Waals surface area contributed by atoms with Crippen LogP contribution in [-0.2, 0) is 21.2 Å². The summed E-state index contributed by atoms with van der Waals surface area (Å²) in [6.45, 7) is 2.92. The largest absolute Gasteiger partial charge is 0.338 e. The molecular formula is C14H18ClNO3S. The van der Waals surface area contributed by atoms with Crippen molar-refractivity contribution in [2.45, 2.75) is 19.9 Å². The van der Waals surface area contributed by atoms with E-state index in [1.54, 1.807) is 11.0 Å². The van der Waals surface area contributed by atoms with Gasteiger partial charge >= 0.3 is 0 Å². The maximum atomic E-state index is 12.4. The van der Waals surface area contributed by atoms with Crippen molar-refractivity contribution in [1.82, 2.24) is 4.90 Å². The molecule has 1 unspecified atom stereocenters. The number of hydrogen-bond donors (Lipinski definition) is 0. The summed E-state index contributed by atoms with van der Waals surface area (Å²) in [7, 11) is -3.03. The van der Waals surface area contributed by atoms with Crippen molar-refractivity contribution >= 4 is 27.3 Å². The predicted molar refractivity (Wildman–Crippen MR) is 79.3 cm³/mol. The molecule has 0 aromatic heterocycles. The minimum atomic E-state index is -3.03. The first-order valence-electron chi connectivity index (χ1n) is 6.65. The molecule has 1 amide bonds. The van der Waals surface area contributed by atoms with Crippen LogP contribution in [0.15, 0.2) is 24.3 Å². The topological polar surface area (TPSA) is 54.5 Å². The number of amides is 1. The molecule has 2 rings (SSSR count). The maximum Gasteiger partial charge on any atom is 0.227 e. The van der Waals surface area contributed by atoms with Crippen LogP contribution >= 0.6 is 11.6 Å². The summed E-state index contributed by atoms with van der Waals surface area (Å²) in [4.78, 5) is 14.1. The molecule has 0 N–H and O–H groups in total. The Morgan fingerprint density at radius 3 is 2.75 bits per heavy atom. The lowest BCUT2D eigenvalue weighted by molar-refractivity contribution is -0.135. The lowest BCUT2D eigenvalue weighted by Gasteiger charge is -2.24. The molecule has 20 heavy (non-hydrogen) atoms. The smallest absolute Gasteiger partial charge is 0.227 e. The monoisotopic (exact) mass is 315 g/mol. The van der Waals surface area contributed by atoms with E-state index in [0.29, 0.717) is 24.5 Å². The Bertz CT molecular complexity index is 600. The summed E-state index contributed by atoms with van der Waals surface area (Å²) in [5, 5.41) is 0.634. The standard InChI is InChI=1S/C14H18ClNO3S/c1-2-16(9-11-4-3-5-13(15)8-11)14(17)12-6-7-20(18,19)10-12/h3-5,8,12H,2,6-7,9-10H2,1H3. The minimum absolute atomic E-state index is 0.0160. The van der Waals surface area contributed by atoms with Gasteiger partial charge in [-0.2, -0.15) is 0 Å². The molecule has 1 aliphatic rings. The van der Waals surface area contributed by atoms with Crippen LogP contribution in [0.5, 0.6) is 0 Å². The van der Waals surface area contributed by atoms with Gasteiger partial charge in [0.1, 0.15) is 0 Å². The maximum absolute atomic E-state index is 12.4. The van der Waals surface area contributed by atoms with Gasteiger partial charge in [0.2, 0.25) is 5.91 Å². The van der Waals surface area contributed by atoms with Gasteiger partial charge in [0, 0.05) is 18.1 Å². The van der Waals surface area contributed by atoms with Gasteiger partial charge in [-0.15, -0.1) is 0 Å². The van der Waals surface area contributed by atoms with Crippen LogP contribution in [-0.4, -0.2) is 37.3 Å². The van der Waals surface area contributed by atoms with Crippen LogP contribution in [0.1, 0.15) is 18.9 Å². The molecule has 1 saturated heterocycles. The molecule has 6 heteroatoms. The van der Waals surface area contributed by atoms with Crippen LogP contribution in [0.2, 0.25) is 5.02 Å². The second kappa shape index (κ2) is 6.14. The third-order valence-corrected chi connectivity index (χ3v) is 5.54. The highest BCUT2D eigenvalue weighted by atomic mass is 35.5. The van der Waals surface area contributed by atoms with Crippen molar-refractivity contribution in [3.63, 3.8) is 0 Å². The molecule has 0 spiro atoms. The van der Waals surface area contributed by atoms with E-state index in [1.807, 2.05) is 25.1 Å². The molecule has 0 bridgehead atoms. The van der Waals surface area contributed by atoms with Crippen molar-refractivity contribution in [2.24, 2.45) is 5.92 Å². The fourth-order valence-corrected chi connectivity index (χ4v) is 4.39. The third-order valence-electron chi connectivity index (χ3n) is 3.54. The van der Waals surface area contributed by atoms with Crippen molar-refractivity contribution in [1.29, 1.82) is 0 Å². The summed E-state index contributed by atoms with van der Waals surface area (Å²) >= 11 is 5.93. The molecule has 1 aliphatic heterocycles. The van der Waals surface area contributed by atoms with Crippen molar-refractivity contribution in [3.05, 3.63) is 34.9 Å². The van der Waals surface area contributed by atoms with E-state index in [4.69, 9.17) is 11.6 Å². The quantitative estimate of drug-likeness (QED) is 0.855. The molecule has 1 fully saturated rings. The highest BCUT2D eigenvalue weighted by molar-refractivity contribution is 7.91. The Hall–Kier alpha value is -1.07. The van der Waals surface area contributed by atoms with Gasteiger partial charge in [0.05, 0.1) is 17.4 Å². The summed E-state index contributed by atoms with van der Waals surface area (Å²) in [5.74, 6) is -0.358. The van der Waals surface area contributed by atoms with Gasteiger partial charge in [-0.3, -0.25) is 4.79 Å². The summed E-state index contributed by atoms with van der Waals surface area (Å²) in [5.41, 5.74) is 0.952. The lowest BCUT2D eigenvalue weighted by Crippen LogP contribution is -2.36. The molecule has 1 heterocycles. The van der Waals surface area contributed by atoms with E-state index >= 15 is 0 Å². The van der Waals surface area contributed by atoms with Crippen molar-refractivity contribution in [2.75, 3.05) is 18.1 Å². The lowest BCUT2D eigenvalue weighted by atomic mass is 10.1. The van der Waals surface area contributed by atoms with Gasteiger partial charge in [-0.05, 0) is 31.0 Å². The predicted octanol–water partition coefficient (Wildman–Crippen LogP) is 2.12. The second-order valence-corrected chi connectivity index (χ2v) is 7.75. The number of halogens is 1. The Kier molecular flexibility index (Phi) is 4.70. The van der Waals surface area contributed by atoms with Gasteiger partial charge < -0.3 is 4.90 Å². The Labute approximate surface area is 124 Å². The first-order valence-corrected chi connectivity index (χ1v) is 8.85. The van der Waals surface area contributed by atoms with Crippen LogP contribution in [0, 0.1) is 5.92 Å². The van der Waals surface area contributed by atoms with E-state index in [0.717, 1.165) is 5.56 Å². The molecule has 1 aromatic rings. The fraction of sp³-hybridized carbons (Fsp3) is 0.500. The van der Waals surface area contributed by atoms with Gasteiger partial charge in [-0.25, -0.2) is 8.42 Å². The normalized spacial score (nSPS) is 20.8. The zero-order valence-electron chi connectivity index (χ0n) is 11.4. The van der Waals surface area contributed by atoms with E-state index in [-0.39, 0.29) is 23.3 Å². The zero-order chi connectivity index (χ0) is 14.8. The van der Waals surface area contributed by atoms with Crippen LogP contribution in [0.25, 0.3) is 0 Å². The molecule has 0 saturated carbocycles. The highest BCUT2D eigenvalue weighted by Crippen LogP contribution is 2.22. The Morgan fingerprint density at radius 2 is 2.20 bits per heavy atom. The molecule has 0 aliphatic carbocycles. The van der Waals surface area contributed by atoms with Crippen molar-refractivity contribution in [3.8, 4) is 0 Å². The Balaban J connectivity index is 2.07. The van der Waals surface area contributed by atoms with Crippen LogP contribution in [0.4, 0.5) is 0 Å².